The summed E-state index contributed by atoms with van der Waals surface area (Å²) in [6.07, 6.45) is 1.89. The van der Waals surface area contributed by atoms with E-state index in [9.17, 15) is 0 Å². The fraction of sp³-hybridized carbons (Fsp3) is 0.526. The van der Waals surface area contributed by atoms with E-state index < -0.39 is 0 Å². The second-order valence-corrected chi connectivity index (χ2v) is 5.88. The Morgan fingerprint density at radius 1 is 1.21 bits per heavy atom. The predicted molar refractivity (Wildman–Crippen MR) is 120 cm³/mol. The standard InChI is InChI=1S/C19H29N5O3.HI/c1-5-20-19(22-13-18-23-14(3)24-27-18)21-11-7-8-15-9-10-16(25-4)17(12-15)26-6-2;/h9-10,12H,5-8,11,13H2,1-4H3,(H2,20,21,22);1H. The highest BCUT2D eigenvalue weighted by Gasteiger charge is 2.06. The molecule has 1 heterocycles. The molecule has 28 heavy (non-hydrogen) atoms. The van der Waals surface area contributed by atoms with Gasteiger partial charge in [-0.15, -0.1) is 24.0 Å². The molecule has 0 aliphatic rings. The highest BCUT2D eigenvalue weighted by molar-refractivity contribution is 14.0. The smallest absolute Gasteiger partial charge is 0.248 e. The Balaban J connectivity index is 0.00000392. The van der Waals surface area contributed by atoms with Crippen molar-refractivity contribution in [2.24, 2.45) is 4.99 Å². The van der Waals surface area contributed by atoms with Crippen molar-refractivity contribution < 1.29 is 14.0 Å². The Hall–Kier alpha value is -2.04. The van der Waals surface area contributed by atoms with Gasteiger partial charge in [0.15, 0.2) is 23.3 Å². The molecule has 0 saturated carbocycles. The van der Waals surface area contributed by atoms with Crippen molar-refractivity contribution in [3.63, 3.8) is 0 Å². The number of hydrogen-bond acceptors (Lipinski definition) is 6. The normalized spacial score (nSPS) is 10.9. The van der Waals surface area contributed by atoms with Gasteiger partial charge in [0.05, 0.1) is 13.7 Å². The van der Waals surface area contributed by atoms with Gasteiger partial charge in [0, 0.05) is 13.1 Å². The monoisotopic (exact) mass is 503 g/mol. The molecule has 156 valence electrons. The van der Waals surface area contributed by atoms with Gasteiger partial charge in [0.2, 0.25) is 5.89 Å². The van der Waals surface area contributed by atoms with E-state index in [0.717, 1.165) is 43.4 Å². The molecule has 8 nitrogen and oxygen atoms in total. The van der Waals surface area contributed by atoms with E-state index in [1.807, 2.05) is 26.0 Å². The van der Waals surface area contributed by atoms with Gasteiger partial charge in [-0.2, -0.15) is 4.98 Å². The van der Waals surface area contributed by atoms with E-state index in [4.69, 9.17) is 14.0 Å². The van der Waals surface area contributed by atoms with Crippen LogP contribution in [0.15, 0.2) is 27.7 Å². The van der Waals surface area contributed by atoms with E-state index >= 15 is 0 Å². The van der Waals surface area contributed by atoms with Gasteiger partial charge in [-0.05, 0) is 51.3 Å². The number of nitrogens with one attached hydrogen (secondary N) is 2. The van der Waals surface area contributed by atoms with Crippen molar-refractivity contribution in [3.8, 4) is 11.5 Å². The number of benzene rings is 1. The molecule has 2 aromatic rings. The van der Waals surface area contributed by atoms with Crippen LogP contribution in [0, 0.1) is 6.92 Å². The summed E-state index contributed by atoms with van der Waals surface area (Å²) in [7, 11) is 1.65. The van der Waals surface area contributed by atoms with Crippen LogP contribution in [0.3, 0.4) is 0 Å². The molecule has 0 atom stereocenters. The number of nitrogens with zero attached hydrogens (tertiary/aromatic N) is 3. The number of aromatic nitrogens is 2. The number of ether oxygens (including phenoxy) is 2. The number of aliphatic imine (C=N–C) groups is 1. The Morgan fingerprint density at radius 3 is 2.68 bits per heavy atom. The van der Waals surface area contributed by atoms with Crippen LogP contribution in [-0.4, -0.2) is 42.9 Å². The van der Waals surface area contributed by atoms with Crippen LogP contribution in [0.2, 0.25) is 0 Å². The maximum absolute atomic E-state index is 5.63. The van der Waals surface area contributed by atoms with Gasteiger partial charge >= 0.3 is 0 Å². The maximum Gasteiger partial charge on any atom is 0.248 e. The maximum atomic E-state index is 5.63. The number of aryl methyl sites for hydroxylation is 2. The molecule has 0 bridgehead atoms. The molecule has 0 radical (unpaired) electrons. The molecule has 1 aromatic heterocycles. The predicted octanol–water partition coefficient (Wildman–Crippen LogP) is 3.09. The van der Waals surface area contributed by atoms with Gasteiger partial charge in [-0.1, -0.05) is 11.2 Å². The Bertz CT molecular complexity index is 736. The summed E-state index contributed by atoms with van der Waals surface area (Å²) >= 11 is 0. The van der Waals surface area contributed by atoms with Crippen molar-refractivity contribution in [1.29, 1.82) is 0 Å². The zero-order valence-corrected chi connectivity index (χ0v) is 19.3. The van der Waals surface area contributed by atoms with Crippen molar-refractivity contribution in [2.75, 3.05) is 26.8 Å². The highest BCUT2D eigenvalue weighted by atomic mass is 127. The third-order valence-corrected chi connectivity index (χ3v) is 3.75. The minimum atomic E-state index is 0. The second-order valence-electron chi connectivity index (χ2n) is 5.88. The van der Waals surface area contributed by atoms with Crippen molar-refractivity contribution in [3.05, 3.63) is 35.5 Å². The van der Waals surface area contributed by atoms with Crippen molar-refractivity contribution >= 4 is 29.9 Å². The lowest BCUT2D eigenvalue weighted by Gasteiger charge is -2.12. The summed E-state index contributed by atoms with van der Waals surface area (Å²) in [6, 6.07) is 6.06. The average Bonchev–Trinajstić information content (AvgIpc) is 3.09. The Kier molecular flexibility index (Phi) is 11.3. The SMILES string of the molecule is CCNC(=NCc1nc(C)no1)NCCCc1ccc(OC)c(OCC)c1.I. The first-order valence-electron chi connectivity index (χ1n) is 9.27. The van der Waals surface area contributed by atoms with E-state index in [1.165, 1.54) is 5.56 Å². The van der Waals surface area contributed by atoms with E-state index in [-0.39, 0.29) is 24.0 Å². The van der Waals surface area contributed by atoms with Crippen molar-refractivity contribution in [2.45, 2.75) is 40.2 Å². The fourth-order valence-corrected chi connectivity index (χ4v) is 2.54. The fourth-order valence-electron chi connectivity index (χ4n) is 2.54. The topological polar surface area (TPSA) is 93.8 Å². The molecule has 1 aromatic carbocycles. The first-order chi connectivity index (χ1) is 13.2. The molecule has 2 N–H and O–H groups in total. The highest BCUT2D eigenvalue weighted by Crippen LogP contribution is 2.28. The zero-order valence-electron chi connectivity index (χ0n) is 16.9. The molecular weight excluding hydrogens is 473 g/mol. The number of rotatable bonds is 10. The number of guanidine groups is 1. The second kappa shape index (κ2) is 13.2. The summed E-state index contributed by atoms with van der Waals surface area (Å²) in [5.41, 5.74) is 1.21. The summed E-state index contributed by atoms with van der Waals surface area (Å²) in [4.78, 5) is 8.62. The molecule has 0 unspecified atom stereocenters. The molecule has 2 rings (SSSR count). The molecule has 0 aliphatic heterocycles. The quantitative estimate of drug-likeness (QED) is 0.223. The van der Waals surface area contributed by atoms with Crippen LogP contribution in [0.5, 0.6) is 11.5 Å². The number of hydrogen-bond donors (Lipinski definition) is 2. The Labute approximate surface area is 183 Å². The van der Waals surface area contributed by atoms with Crippen LogP contribution in [0.1, 0.15) is 37.5 Å². The average molecular weight is 503 g/mol. The van der Waals surface area contributed by atoms with Crippen LogP contribution < -0.4 is 20.1 Å². The molecule has 9 heteroatoms. The van der Waals surface area contributed by atoms with Gasteiger partial charge in [-0.25, -0.2) is 4.99 Å². The first-order valence-corrected chi connectivity index (χ1v) is 9.27. The number of methoxy groups -OCH3 is 1. The van der Waals surface area contributed by atoms with Gasteiger partial charge < -0.3 is 24.6 Å². The van der Waals surface area contributed by atoms with E-state index in [2.05, 4.69) is 31.8 Å². The molecular formula is C19H30IN5O3. The van der Waals surface area contributed by atoms with Crippen LogP contribution in [-0.2, 0) is 13.0 Å². The van der Waals surface area contributed by atoms with Crippen LogP contribution in [0.25, 0.3) is 0 Å². The molecule has 0 fully saturated rings. The zero-order chi connectivity index (χ0) is 19.5. The summed E-state index contributed by atoms with van der Waals surface area (Å²) in [5.74, 6) is 3.40. The third kappa shape index (κ3) is 7.91. The summed E-state index contributed by atoms with van der Waals surface area (Å²) in [5, 5.41) is 10.3. The van der Waals surface area contributed by atoms with Crippen molar-refractivity contribution in [1.82, 2.24) is 20.8 Å². The van der Waals surface area contributed by atoms with Crippen LogP contribution in [0.4, 0.5) is 0 Å². The lowest BCUT2D eigenvalue weighted by molar-refractivity contribution is 0.310. The summed E-state index contributed by atoms with van der Waals surface area (Å²) in [6.45, 7) is 8.33. The van der Waals surface area contributed by atoms with Gasteiger partial charge in [0.1, 0.15) is 6.54 Å². The van der Waals surface area contributed by atoms with E-state index in [0.29, 0.717) is 24.9 Å². The summed E-state index contributed by atoms with van der Waals surface area (Å²) < 4.78 is 16.0. The lowest BCUT2D eigenvalue weighted by Crippen LogP contribution is -2.37. The molecule has 0 aliphatic carbocycles. The minimum absolute atomic E-state index is 0. The number of halogens is 1. The Morgan fingerprint density at radius 2 is 2.04 bits per heavy atom. The van der Waals surface area contributed by atoms with Crippen LogP contribution >= 0.6 is 24.0 Å². The minimum Gasteiger partial charge on any atom is -0.493 e. The van der Waals surface area contributed by atoms with Gasteiger partial charge in [-0.3, -0.25) is 0 Å². The largest absolute Gasteiger partial charge is 0.493 e. The van der Waals surface area contributed by atoms with Gasteiger partial charge in [0.25, 0.3) is 0 Å². The molecule has 0 saturated heterocycles. The molecule has 0 spiro atoms. The van der Waals surface area contributed by atoms with E-state index in [1.54, 1.807) is 14.0 Å². The first kappa shape index (κ1) is 24.0. The third-order valence-electron chi connectivity index (χ3n) is 3.75. The lowest BCUT2D eigenvalue weighted by atomic mass is 10.1. The molecule has 0 amide bonds.